The lowest BCUT2D eigenvalue weighted by molar-refractivity contribution is -0.141. The molecule has 0 unspecified atom stereocenters. The summed E-state index contributed by atoms with van der Waals surface area (Å²) in [5, 5.41) is 2.92. The summed E-state index contributed by atoms with van der Waals surface area (Å²) < 4.78 is 37.2. The van der Waals surface area contributed by atoms with Crippen LogP contribution < -0.4 is 11.1 Å². The second kappa shape index (κ2) is 4.18. The maximum atomic E-state index is 12.4. The fraction of sp³-hybridized carbons (Fsp3) is 0.545. The molecule has 1 aliphatic carbocycles. The lowest BCUT2D eigenvalue weighted by Crippen LogP contribution is -2.24. The van der Waals surface area contributed by atoms with Gasteiger partial charge in [-0.05, 0) is 36.9 Å². The van der Waals surface area contributed by atoms with Crippen LogP contribution in [-0.4, -0.2) is 18.1 Å². The van der Waals surface area contributed by atoms with Gasteiger partial charge in [-0.1, -0.05) is 6.07 Å². The van der Waals surface area contributed by atoms with Gasteiger partial charge >= 0.3 is 6.18 Å². The van der Waals surface area contributed by atoms with E-state index in [1.165, 1.54) is 12.1 Å². The second-order valence-corrected chi connectivity index (χ2v) is 4.46. The molecule has 0 radical (unpaired) electrons. The van der Waals surface area contributed by atoms with E-state index in [9.17, 15) is 13.2 Å². The number of nitrogens with zero attached hydrogens (tertiary/aromatic N) is 1. The SMILES string of the molecule is NCC1(CNc2cccc(C(F)(F)F)n2)CC1. The topological polar surface area (TPSA) is 50.9 Å². The number of alkyl halides is 3. The second-order valence-electron chi connectivity index (χ2n) is 4.46. The van der Waals surface area contributed by atoms with Crippen molar-refractivity contribution in [3.63, 3.8) is 0 Å². The minimum Gasteiger partial charge on any atom is -0.369 e. The third kappa shape index (κ3) is 2.88. The van der Waals surface area contributed by atoms with Crippen LogP contribution in [-0.2, 0) is 6.18 Å². The van der Waals surface area contributed by atoms with Gasteiger partial charge in [0.25, 0.3) is 0 Å². The molecular formula is C11H14F3N3. The number of nitrogens with one attached hydrogen (secondary N) is 1. The maximum absolute atomic E-state index is 12.4. The van der Waals surface area contributed by atoms with Gasteiger partial charge in [0.05, 0.1) is 0 Å². The van der Waals surface area contributed by atoms with E-state index in [4.69, 9.17) is 5.73 Å². The first-order valence-corrected chi connectivity index (χ1v) is 5.43. The summed E-state index contributed by atoms with van der Waals surface area (Å²) in [6.45, 7) is 1.14. The first kappa shape index (κ1) is 12.2. The highest BCUT2D eigenvalue weighted by molar-refractivity contribution is 5.36. The lowest BCUT2D eigenvalue weighted by atomic mass is 10.1. The van der Waals surface area contributed by atoms with Gasteiger partial charge in [-0.3, -0.25) is 0 Å². The van der Waals surface area contributed by atoms with Crippen LogP contribution in [0.2, 0.25) is 0 Å². The quantitative estimate of drug-likeness (QED) is 0.855. The van der Waals surface area contributed by atoms with E-state index in [1.54, 1.807) is 0 Å². The number of halogens is 3. The molecule has 0 saturated heterocycles. The normalized spacial score (nSPS) is 17.9. The molecule has 17 heavy (non-hydrogen) atoms. The summed E-state index contributed by atoms with van der Waals surface area (Å²) in [6.07, 6.45) is -2.35. The van der Waals surface area contributed by atoms with Crippen molar-refractivity contribution in [1.29, 1.82) is 0 Å². The zero-order valence-electron chi connectivity index (χ0n) is 9.22. The highest BCUT2D eigenvalue weighted by atomic mass is 19.4. The summed E-state index contributed by atoms with van der Waals surface area (Å²) in [5.74, 6) is 0.250. The molecule has 0 spiro atoms. The Morgan fingerprint density at radius 2 is 2.06 bits per heavy atom. The van der Waals surface area contributed by atoms with Crippen LogP contribution in [0.25, 0.3) is 0 Å². The zero-order chi connectivity index (χ0) is 12.5. The van der Waals surface area contributed by atoms with Crippen LogP contribution in [0.1, 0.15) is 18.5 Å². The molecule has 1 aliphatic rings. The molecule has 0 aromatic carbocycles. The van der Waals surface area contributed by atoms with Crippen molar-refractivity contribution < 1.29 is 13.2 Å². The molecule has 3 N–H and O–H groups in total. The molecule has 3 nitrogen and oxygen atoms in total. The highest BCUT2D eigenvalue weighted by Crippen LogP contribution is 2.44. The van der Waals surface area contributed by atoms with Crippen molar-refractivity contribution in [2.45, 2.75) is 19.0 Å². The molecule has 0 aliphatic heterocycles. The smallest absolute Gasteiger partial charge is 0.369 e. The van der Waals surface area contributed by atoms with Crippen molar-refractivity contribution in [2.24, 2.45) is 11.1 Å². The molecule has 0 amide bonds. The van der Waals surface area contributed by atoms with Crippen molar-refractivity contribution in [1.82, 2.24) is 4.98 Å². The Morgan fingerprint density at radius 3 is 2.59 bits per heavy atom. The maximum Gasteiger partial charge on any atom is 0.433 e. The molecule has 0 bridgehead atoms. The third-order valence-electron chi connectivity index (χ3n) is 3.07. The Morgan fingerprint density at radius 1 is 1.35 bits per heavy atom. The minimum atomic E-state index is -4.40. The van der Waals surface area contributed by atoms with E-state index in [1.807, 2.05) is 0 Å². The zero-order valence-corrected chi connectivity index (χ0v) is 9.22. The van der Waals surface area contributed by atoms with Gasteiger partial charge in [-0.15, -0.1) is 0 Å². The highest BCUT2D eigenvalue weighted by Gasteiger charge is 2.41. The Hall–Kier alpha value is -1.30. The van der Waals surface area contributed by atoms with Gasteiger partial charge in [-0.25, -0.2) is 4.98 Å². The first-order valence-electron chi connectivity index (χ1n) is 5.43. The van der Waals surface area contributed by atoms with Crippen molar-refractivity contribution in [2.75, 3.05) is 18.4 Å². The van der Waals surface area contributed by atoms with Gasteiger partial charge in [0.1, 0.15) is 11.5 Å². The van der Waals surface area contributed by atoms with Crippen molar-refractivity contribution in [3.8, 4) is 0 Å². The molecule has 1 heterocycles. The molecule has 6 heteroatoms. The molecule has 0 atom stereocenters. The Bertz CT molecular complexity index is 399. The Kier molecular flexibility index (Phi) is 2.99. The van der Waals surface area contributed by atoms with Crippen LogP contribution in [0.15, 0.2) is 18.2 Å². The number of rotatable bonds is 4. The van der Waals surface area contributed by atoms with E-state index in [0.717, 1.165) is 18.9 Å². The van der Waals surface area contributed by atoms with Gasteiger partial charge in [0, 0.05) is 6.54 Å². The van der Waals surface area contributed by atoms with Gasteiger partial charge in [0.15, 0.2) is 0 Å². The Labute approximate surface area is 97.2 Å². The molecule has 1 aromatic rings. The van der Waals surface area contributed by atoms with E-state index >= 15 is 0 Å². The summed E-state index contributed by atoms with van der Waals surface area (Å²) in [5.41, 5.74) is 4.78. The number of hydrogen-bond donors (Lipinski definition) is 2. The van der Waals surface area contributed by atoms with E-state index in [2.05, 4.69) is 10.3 Å². The molecular weight excluding hydrogens is 231 g/mol. The summed E-state index contributed by atoms with van der Waals surface area (Å²) in [4.78, 5) is 3.53. The van der Waals surface area contributed by atoms with Gasteiger partial charge in [0.2, 0.25) is 0 Å². The number of pyridine rings is 1. The standard InChI is InChI=1S/C11H14F3N3/c12-11(13,14)8-2-1-3-9(17-8)16-7-10(6-15)4-5-10/h1-3H,4-7,15H2,(H,16,17). The fourth-order valence-corrected chi connectivity index (χ4v) is 1.60. The monoisotopic (exact) mass is 245 g/mol. The first-order chi connectivity index (χ1) is 7.95. The number of anilines is 1. The van der Waals surface area contributed by atoms with E-state index in [-0.39, 0.29) is 11.2 Å². The molecule has 94 valence electrons. The summed E-state index contributed by atoms with van der Waals surface area (Å²) >= 11 is 0. The average Bonchev–Trinajstić information content (AvgIpc) is 3.06. The fourth-order valence-electron chi connectivity index (χ4n) is 1.60. The predicted molar refractivity (Wildman–Crippen MR) is 58.5 cm³/mol. The van der Waals surface area contributed by atoms with Crippen molar-refractivity contribution in [3.05, 3.63) is 23.9 Å². The average molecular weight is 245 g/mol. The number of aromatic nitrogens is 1. The largest absolute Gasteiger partial charge is 0.433 e. The number of hydrogen-bond acceptors (Lipinski definition) is 3. The van der Waals surface area contributed by atoms with Crippen LogP contribution in [0.5, 0.6) is 0 Å². The minimum absolute atomic E-state index is 0.0654. The van der Waals surface area contributed by atoms with Crippen LogP contribution in [0.3, 0.4) is 0 Å². The van der Waals surface area contributed by atoms with Crippen LogP contribution in [0, 0.1) is 5.41 Å². The van der Waals surface area contributed by atoms with Gasteiger partial charge in [-0.2, -0.15) is 13.2 Å². The van der Waals surface area contributed by atoms with Crippen molar-refractivity contribution >= 4 is 5.82 Å². The Balaban J connectivity index is 2.02. The van der Waals surface area contributed by atoms with Crippen LogP contribution >= 0.6 is 0 Å². The van der Waals surface area contributed by atoms with E-state index < -0.39 is 11.9 Å². The summed E-state index contributed by atoms with van der Waals surface area (Å²) in [7, 11) is 0. The molecule has 2 rings (SSSR count). The predicted octanol–water partition coefficient (Wildman–Crippen LogP) is 2.25. The third-order valence-corrected chi connectivity index (χ3v) is 3.07. The molecule has 1 fully saturated rings. The van der Waals surface area contributed by atoms with Gasteiger partial charge < -0.3 is 11.1 Å². The lowest BCUT2D eigenvalue weighted by Gasteiger charge is -2.14. The molecule has 1 aromatic heterocycles. The molecule has 1 saturated carbocycles. The van der Waals surface area contributed by atoms with Crippen LogP contribution in [0.4, 0.5) is 19.0 Å². The number of nitrogens with two attached hydrogens (primary N) is 1. The van der Waals surface area contributed by atoms with E-state index in [0.29, 0.717) is 13.1 Å². The summed E-state index contributed by atoms with van der Waals surface area (Å²) in [6, 6.07) is 3.84.